The Morgan fingerprint density at radius 1 is 1.15 bits per heavy atom. The van der Waals surface area contributed by atoms with Gasteiger partial charge in [-0.1, -0.05) is 0 Å². The summed E-state index contributed by atoms with van der Waals surface area (Å²) < 4.78 is 0. The van der Waals surface area contributed by atoms with Crippen molar-refractivity contribution >= 4 is 19.2 Å². The van der Waals surface area contributed by atoms with Crippen LogP contribution in [0.25, 0.3) is 0 Å². The number of carbonyl (C=O) groups excluding carboxylic acids is 3. The Kier molecular flexibility index (Phi) is 4.45. The molecule has 0 fully saturated rings. The first-order valence-electron chi connectivity index (χ1n) is 3.52. The summed E-state index contributed by atoms with van der Waals surface area (Å²) in [5.41, 5.74) is 5.54. The van der Waals surface area contributed by atoms with Crippen molar-refractivity contribution in [3.05, 3.63) is 0 Å². The molecule has 0 bridgehead atoms. The van der Waals surface area contributed by atoms with Crippen LogP contribution in [0.15, 0.2) is 0 Å². The molecule has 74 valence electrons. The molecule has 0 aromatic carbocycles. The lowest BCUT2D eigenvalue weighted by Gasteiger charge is -2.33. The van der Waals surface area contributed by atoms with Crippen molar-refractivity contribution in [3.63, 3.8) is 0 Å². The van der Waals surface area contributed by atoms with Crippen molar-refractivity contribution in [2.75, 3.05) is 0 Å². The Hall–Kier alpha value is -1.63. The van der Waals surface area contributed by atoms with Crippen molar-refractivity contribution < 1.29 is 14.4 Å². The molecule has 0 aliphatic heterocycles. The molecule has 7 heteroatoms. The Balaban J connectivity index is 4.43. The number of hydrogen-bond donors (Lipinski definition) is 4. The third kappa shape index (κ3) is 3.08. The van der Waals surface area contributed by atoms with Crippen LogP contribution in [0.5, 0.6) is 0 Å². The molecule has 0 spiro atoms. The van der Waals surface area contributed by atoms with Gasteiger partial charge in [0.25, 0.3) is 0 Å². The van der Waals surface area contributed by atoms with Crippen molar-refractivity contribution in [3.8, 4) is 0 Å². The van der Waals surface area contributed by atoms with Gasteiger partial charge in [-0.05, 0) is 6.92 Å². The summed E-state index contributed by atoms with van der Waals surface area (Å²) in [5, 5.41) is 6.66. The minimum atomic E-state index is -1.47. The van der Waals surface area contributed by atoms with Gasteiger partial charge in [0, 0.05) is 0 Å². The molecule has 5 N–H and O–H groups in total. The van der Waals surface area contributed by atoms with Crippen LogP contribution in [0.1, 0.15) is 6.92 Å². The molecule has 3 amide bonds. The number of hydrogen-bond acceptors (Lipinski definition) is 4. The highest BCUT2D eigenvalue weighted by Gasteiger charge is 2.30. The zero-order chi connectivity index (χ0) is 10.3. The zero-order valence-corrected chi connectivity index (χ0v) is 7.11. The standard InChI is InChI=1S/C6H12N4O3/c1-5(8-2-11)6(7,9-3-12)10-4-13/h2-5H,7H2,1H3,(H,8,11)(H,9,12)(H,10,13). The first-order valence-corrected chi connectivity index (χ1v) is 3.52. The maximum absolute atomic E-state index is 10.1. The van der Waals surface area contributed by atoms with Gasteiger partial charge in [-0.2, -0.15) is 0 Å². The molecule has 0 aliphatic carbocycles. The van der Waals surface area contributed by atoms with Gasteiger partial charge >= 0.3 is 0 Å². The van der Waals surface area contributed by atoms with Crippen LogP contribution in [0.4, 0.5) is 0 Å². The van der Waals surface area contributed by atoms with E-state index in [0.29, 0.717) is 19.2 Å². The van der Waals surface area contributed by atoms with E-state index in [1.165, 1.54) is 6.92 Å². The molecule has 0 aliphatic rings. The minimum absolute atomic E-state index is 0.333. The topological polar surface area (TPSA) is 113 Å². The van der Waals surface area contributed by atoms with E-state index in [4.69, 9.17) is 5.73 Å². The van der Waals surface area contributed by atoms with Gasteiger partial charge in [0.1, 0.15) is 0 Å². The predicted octanol–water partition coefficient (Wildman–Crippen LogP) is -2.77. The normalized spacial score (nSPS) is 12.5. The van der Waals surface area contributed by atoms with Crippen LogP contribution < -0.4 is 21.7 Å². The average Bonchev–Trinajstić information content (AvgIpc) is 2.05. The maximum atomic E-state index is 10.1. The summed E-state index contributed by atoms with van der Waals surface area (Å²) in [4.78, 5) is 30.4. The highest BCUT2D eigenvalue weighted by Crippen LogP contribution is 1.95. The second kappa shape index (κ2) is 5.09. The first kappa shape index (κ1) is 11.4. The van der Waals surface area contributed by atoms with E-state index < -0.39 is 11.8 Å². The van der Waals surface area contributed by atoms with Crippen LogP contribution in [-0.4, -0.2) is 31.1 Å². The van der Waals surface area contributed by atoms with Crippen molar-refractivity contribution in [1.29, 1.82) is 0 Å². The molecule has 0 heterocycles. The molecular weight excluding hydrogens is 176 g/mol. The largest absolute Gasteiger partial charge is 0.350 e. The van der Waals surface area contributed by atoms with Crippen LogP contribution in [0.3, 0.4) is 0 Å². The highest BCUT2D eigenvalue weighted by molar-refractivity contribution is 5.54. The van der Waals surface area contributed by atoms with Gasteiger partial charge in [0.2, 0.25) is 19.2 Å². The average molecular weight is 188 g/mol. The molecule has 0 aromatic heterocycles. The summed E-state index contributed by atoms with van der Waals surface area (Å²) in [6.07, 6.45) is 1.09. The van der Waals surface area contributed by atoms with E-state index in [9.17, 15) is 14.4 Å². The molecule has 0 saturated heterocycles. The minimum Gasteiger partial charge on any atom is -0.350 e. The smallest absolute Gasteiger partial charge is 0.209 e. The van der Waals surface area contributed by atoms with E-state index in [2.05, 4.69) is 16.0 Å². The van der Waals surface area contributed by atoms with Gasteiger partial charge in [-0.25, -0.2) is 0 Å². The van der Waals surface area contributed by atoms with E-state index in [1.54, 1.807) is 0 Å². The lowest BCUT2D eigenvalue weighted by atomic mass is 10.2. The molecule has 1 unspecified atom stereocenters. The van der Waals surface area contributed by atoms with E-state index in [-0.39, 0.29) is 0 Å². The van der Waals surface area contributed by atoms with E-state index in [1.807, 2.05) is 0 Å². The van der Waals surface area contributed by atoms with Crippen molar-refractivity contribution in [2.24, 2.45) is 5.73 Å². The second-order valence-corrected chi connectivity index (χ2v) is 2.40. The monoisotopic (exact) mass is 188 g/mol. The third-order valence-corrected chi connectivity index (χ3v) is 1.60. The number of amides is 3. The zero-order valence-electron chi connectivity index (χ0n) is 7.11. The summed E-state index contributed by atoms with van der Waals surface area (Å²) in [5.74, 6) is -1.47. The Morgan fingerprint density at radius 2 is 1.62 bits per heavy atom. The Labute approximate surface area is 75.0 Å². The molecule has 1 atom stereocenters. The van der Waals surface area contributed by atoms with Crippen LogP contribution in [0, 0.1) is 0 Å². The van der Waals surface area contributed by atoms with Gasteiger partial charge in [0.05, 0.1) is 6.04 Å². The van der Waals surface area contributed by atoms with Gasteiger partial charge < -0.3 is 16.0 Å². The Bertz CT molecular complexity index is 186. The van der Waals surface area contributed by atoms with Crippen LogP contribution in [0.2, 0.25) is 0 Å². The molecular formula is C6H12N4O3. The summed E-state index contributed by atoms with van der Waals surface area (Å²) in [7, 11) is 0. The van der Waals surface area contributed by atoms with E-state index in [0.717, 1.165) is 0 Å². The number of nitrogens with two attached hydrogens (primary N) is 1. The fourth-order valence-electron chi connectivity index (χ4n) is 0.720. The molecule has 0 rings (SSSR count). The van der Waals surface area contributed by atoms with Gasteiger partial charge in [0.15, 0.2) is 5.79 Å². The summed E-state index contributed by atoms with van der Waals surface area (Å²) >= 11 is 0. The number of carbonyl (C=O) groups is 3. The summed E-state index contributed by atoms with van der Waals surface area (Å²) in [6, 6.07) is -0.625. The fraction of sp³-hybridized carbons (Fsp3) is 0.500. The van der Waals surface area contributed by atoms with Crippen molar-refractivity contribution in [1.82, 2.24) is 16.0 Å². The maximum Gasteiger partial charge on any atom is 0.209 e. The number of rotatable bonds is 7. The van der Waals surface area contributed by atoms with E-state index >= 15 is 0 Å². The molecule has 13 heavy (non-hydrogen) atoms. The molecule has 7 nitrogen and oxygen atoms in total. The van der Waals surface area contributed by atoms with Gasteiger partial charge in [-0.15, -0.1) is 0 Å². The highest BCUT2D eigenvalue weighted by atomic mass is 16.1. The van der Waals surface area contributed by atoms with Crippen LogP contribution in [-0.2, 0) is 14.4 Å². The first-order chi connectivity index (χ1) is 6.10. The quantitative estimate of drug-likeness (QED) is 0.256. The number of nitrogens with one attached hydrogen (secondary N) is 3. The molecule has 0 aromatic rings. The second-order valence-electron chi connectivity index (χ2n) is 2.40. The lowest BCUT2D eigenvalue weighted by molar-refractivity contribution is -0.117. The SMILES string of the molecule is CC(NC=O)C(N)(NC=O)NC=O. The fourth-order valence-corrected chi connectivity index (χ4v) is 0.720. The lowest BCUT2D eigenvalue weighted by Crippen LogP contribution is -2.72. The van der Waals surface area contributed by atoms with Crippen LogP contribution >= 0.6 is 0 Å². The Morgan fingerprint density at radius 3 is 1.92 bits per heavy atom. The third-order valence-electron chi connectivity index (χ3n) is 1.60. The molecule has 0 saturated carbocycles. The van der Waals surface area contributed by atoms with Crippen molar-refractivity contribution in [2.45, 2.75) is 18.8 Å². The summed E-state index contributed by atoms with van der Waals surface area (Å²) in [6.45, 7) is 1.53. The molecule has 0 radical (unpaired) electrons. The predicted molar refractivity (Wildman–Crippen MR) is 44.0 cm³/mol. The van der Waals surface area contributed by atoms with Gasteiger partial charge in [-0.3, -0.25) is 20.1 Å².